The molecule has 1 aliphatic carbocycles. The van der Waals surface area contributed by atoms with Gasteiger partial charge in [0.1, 0.15) is 0 Å². The van der Waals surface area contributed by atoms with Crippen molar-refractivity contribution in [3.05, 3.63) is 0 Å². The first-order valence-corrected chi connectivity index (χ1v) is 4.57. The average Bonchev–Trinajstić information content (AvgIpc) is 2.83. The lowest BCUT2D eigenvalue weighted by molar-refractivity contribution is -0.138. The van der Waals surface area contributed by atoms with Crippen molar-refractivity contribution in [2.24, 2.45) is 0 Å². The van der Waals surface area contributed by atoms with E-state index in [4.69, 9.17) is 0 Å². The van der Waals surface area contributed by atoms with Crippen LogP contribution in [0.1, 0.15) is 39.0 Å². The van der Waals surface area contributed by atoms with Gasteiger partial charge in [0.2, 0.25) is 5.78 Å². The van der Waals surface area contributed by atoms with Gasteiger partial charge in [0.05, 0.1) is 0 Å². The highest BCUT2D eigenvalue weighted by atomic mass is 16.2. The third-order valence-corrected chi connectivity index (χ3v) is 1.92. The molecule has 3 heteroatoms. The molecular formula is C9H15NO2. The largest absolute Gasteiger partial charge is 0.347 e. The first-order chi connectivity index (χ1) is 5.74. The van der Waals surface area contributed by atoms with Crippen LogP contribution in [0, 0.1) is 0 Å². The van der Waals surface area contributed by atoms with E-state index in [0.29, 0.717) is 12.5 Å². The minimum absolute atomic E-state index is 0.260. The minimum Gasteiger partial charge on any atom is -0.347 e. The van der Waals surface area contributed by atoms with Crippen LogP contribution in [-0.4, -0.2) is 17.7 Å². The standard InChI is InChI=1S/C9H15NO2/c1-2-3-4-8(11)9(12)10-7-5-6-7/h7H,2-6H2,1H3,(H,10,12). The number of rotatable bonds is 5. The second-order valence-electron chi connectivity index (χ2n) is 3.27. The molecular weight excluding hydrogens is 154 g/mol. The zero-order valence-corrected chi connectivity index (χ0v) is 7.43. The van der Waals surface area contributed by atoms with Gasteiger partial charge in [-0.3, -0.25) is 9.59 Å². The Morgan fingerprint density at radius 2 is 2.08 bits per heavy atom. The van der Waals surface area contributed by atoms with Crippen molar-refractivity contribution in [3.63, 3.8) is 0 Å². The fourth-order valence-electron chi connectivity index (χ4n) is 0.944. The maximum absolute atomic E-state index is 11.1. The van der Waals surface area contributed by atoms with Crippen LogP contribution in [0.3, 0.4) is 0 Å². The smallest absolute Gasteiger partial charge is 0.287 e. The first kappa shape index (κ1) is 9.23. The van der Waals surface area contributed by atoms with Crippen molar-refractivity contribution in [3.8, 4) is 0 Å². The Morgan fingerprint density at radius 3 is 2.58 bits per heavy atom. The predicted octanol–water partition coefficient (Wildman–Crippen LogP) is 1.02. The summed E-state index contributed by atoms with van der Waals surface area (Å²) in [6.45, 7) is 2.01. The molecule has 1 N–H and O–H groups in total. The van der Waals surface area contributed by atoms with Crippen LogP contribution in [0.4, 0.5) is 0 Å². The quantitative estimate of drug-likeness (QED) is 0.625. The van der Waals surface area contributed by atoms with E-state index in [1.54, 1.807) is 0 Å². The van der Waals surface area contributed by atoms with Crippen molar-refractivity contribution in [2.75, 3.05) is 0 Å². The van der Waals surface area contributed by atoms with Crippen LogP contribution in [0.25, 0.3) is 0 Å². The van der Waals surface area contributed by atoms with Crippen molar-refractivity contribution in [1.82, 2.24) is 5.32 Å². The molecule has 0 aromatic carbocycles. The summed E-state index contributed by atoms with van der Waals surface area (Å²) >= 11 is 0. The molecule has 0 spiro atoms. The van der Waals surface area contributed by atoms with Crippen LogP contribution < -0.4 is 5.32 Å². The Balaban J connectivity index is 2.15. The number of Topliss-reactive ketones (excluding diaryl/α,β-unsaturated/α-hetero) is 1. The molecule has 12 heavy (non-hydrogen) atoms. The SMILES string of the molecule is CCCCC(=O)C(=O)NC1CC1. The molecule has 0 bridgehead atoms. The maximum Gasteiger partial charge on any atom is 0.287 e. The minimum atomic E-state index is -0.383. The second kappa shape index (κ2) is 4.24. The zero-order chi connectivity index (χ0) is 8.97. The van der Waals surface area contributed by atoms with Gasteiger partial charge in [-0.05, 0) is 19.3 Å². The van der Waals surface area contributed by atoms with E-state index in [9.17, 15) is 9.59 Å². The van der Waals surface area contributed by atoms with Gasteiger partial charge >= 0.3 is 0 Å². The number of carbonyl (C=O) groups excluding carboxylic acids is 2. The van der Waals surface area contributed by atoms with Gasteiger partial charge in [-0.2, -0.15) is 0 Å². The van der Waals surface area contributed by atoms with E-state index >= 15 is 0 Å². The monoisotopic (exact) mass is 169 g/mol. The van der Waals surface area contributed by atoms with Crippen LogP contribution in [-0.2, 0) is 9.59 Å². The molecule has 0 saturated heterocycles. The third kappa shape index (κ3) is 3.03. The molecule has 0 unspecified atom stereocenters. The molecule has 68 valence electrons. The van der Waals surface area contributed by atoms with E-state index < -0.39 is 0 Å². The Labute approximate surface area is 72.5 Å². The van der Waals surface area contributed by atoms with Crippen LogP contribution in [0.15, 0.2) is 0 Å². The van der Waals surface area contributed by atoms with Crippen LogP contribution >= 0.6 is 0 Å². The van der Waals surface area contributed by atoms with Gasteiger partial charge in [-0.15, -0.1) is 0 Å². The van der Waals surface area contributed by atoms with E-state index in [0.717, 1.165) is 25.7 Å². The molecule has 0 aromatic heterocycles. The van der Waals surface area contributed by atoms with Crippen molar-refractivity contribution in [2.45, 2.75) is 45.1 Å². The number of ketones is 1. The molecule has 0 radical (unpaired) electrons. The summed E-state index contributed by atoms with van der Waals surface area (Å²) in [6, 6.07) is 0.295. The molecule has 3 nitrogen and oxygen atoms in total. The van der Waals surface area contributed by atoms with E-state index in [2.05, 4.69) is 5.32 Å². The molecule has 1 rings (SSSR count). The number of hydrogen-bond donors (Lipinski definition) is 1. The van der Waals surface area contributed by atoms with E-state index in [1.165, 1.54) is 0 Å². The highest BCUT2D eigenvalue weighted by Gasteiger charge is 2.25. The Kier molecular flexibility index (Phi) is 3.26. The summed E-state index contributed by atoms with van der Waals surface area (Å²) in [4.78, 5) is 22.1. The van der Waals surface area contributed by atoms with Crippen LogP contribution in [0.2, 0.25) is 0 Å². The fourth-order valence-corrected chi connectivity index (χ4v) is 0.944. The highest BCUT2D eigenvalue weighted by Crippen LogP contribution is 2.18. The summed E-state index contributed by atoms with van der Waals surface area (Å²) in [5.41, 5.74) is 0. The highest BCUT2D eigenvalue weighted by molar-refractivity contribution is 6.36. The van der Waals surface area contributed by atoms with E-state index in [1.807, 2.05) is 6.92 Å². The number of carbonyl (C=O) groups is 2. The normalized spacial score (nSPS) is 15.8. The number of unbranched alkanes of at least 4 members (excludes halogenated alkanes) is 1. The van der Waals surface area contributed by atoms with Gasteiger partial charge < -0.3 is 5.32 Å². The Hall–Kier alpha value is -0.860. The molecule has 1 aliphatic rings. The first-order valence-electron chi connectivity index (χ1n) is 4.57. The zero-order valence-electron chi connectivity index (χ0n) is 7.43. The van der Waals surface area contributed by atoms with Gasteiger partial charge in [-0.1, -0.05) is 13.3 Å². The van der Waals surface area contributed by atoms with Gasteiger partial charge in [0, 0.05) is 12.5 Å². The second-order valence-corrected chi connectivity index (χ2v) is 3.27. The van der Waals surface area contributed by atoms with Crippen molar-refractivity contribution < 1.29 is 9.59 Å². The molecule has 1 fully saturated rings. The Morgan fingerprint density at radius 1 is 1.42 bits per heavy atom. The number of nitrogens with one attached hydrogen (secondary N) is 1. The molecule has 0 heterocycles. The summed E-state index contributed by atoms with van der Waals surface area (Å²) in [5, 5.41) is 2.67. The summed E-state index contributed by atoms with van der Waals surface area (Å²) in [7, 11) is 0. The van der Waals surface area contributed by atoms with Crippen molar-refractivity contribution >= 4 is 11.7 Å². The topological polar surface area (TPSA) is 46.2 Å². The van der Waals surface area contributed by atoms with Gasteiger partial charge in [0.25, 0.3) is 5.91 Å². The lowest BCUT2D eigenvalue weighted by Crippen LogP contribution is -2.32. The lowest BCUT2D eigenvalue weighted by atomic mass is 10.2. The predicted molar refractivity (Wildman–Crippen MR) is 45.7 cm³/mol. The third-order valence-electron chi connectivity index (χ3n) is 1.92. The molecule has 0 atom stereocenters. The van der Waals surface area contributed by atoms with Crippen LogP contribution in [0.5, 0.6) is 0 Å². The Bertz CT molecular complexity index is 185. The molecule has 0 aromatic rings. The maximum atomic E-state index is 11.1. The average molecular weight is 169 g/mol. The summed E-state index contributed by atoms with van der Waals surface area (Å²) < 4.78 is 0. The van der Waals surface area contributed by atoms with Gasteiger partial charge in [0.15, 0.2) is 0 Å². The van der Waals surface area contributed by atoms with Gasteiger partial charge in [-0.25, -0.2) is 0 Å². The molecule has 1 saturated carbocycles. The molecule has 0 aliphatic heterocycles. The summed E-state index contributed by atoms with van der Waals surface area (Å²) in [6.07, 6.45) is 4.24. The van der Waals surface area contributed by atoms with E-state index in [-0.39, 0.29) is 11.7 Å². The number of hydrogen-bond acceptors (Lipinski definition) is 2. The summed E-state index contributed by atoms with van der Waals surface area (Å²) in [5.74, 6) is -0.644. The lowest BCUT2D eigenvalue weighted by Gasteiger charge is -2.00. The van der Waals surface area contributed by atoms with Crippen molar-refractivity contribution in [1.29, 1.82) is 0 Å². The molecule has 1 amide bonds. The number of amides is 1. The fraction of sp³-hybridized carbons (Fsp3) is 0.778.